The maximum absolute atomic E-state index is 11.7. The van der Waals surface area contributed by atoms with E-state index in [1.807, 2.05) is 0 Å². The number of aryl methyl sites for hydroxylation is 1. The number of nitrogens with one attached hydrogen (secondary N) is 1. The fraction of sp³-hybridized carbons (Fsp3) is 0.600. The SMILES string of the molecule is Cc1cc(C(=O)NC(CN)C2CC2)on1.Cl. The highest BCUT2D eigenvalue weighted by Gasteiger charge is 2.31. The molecule has 0 aromatic carbocycles. The molecule has 0 spiro atoms. The van der Waals surface area contributed by atoms with Crippen molar-refractivity contribution >= 4 is 18.3 Å². The molecule has 1 saturated carbocycles. The van der Waals surface area contributed by atoms with Gasteiger partial charge >= 0.3 is 0 Å². The van der Waals surface area contributed by atoms with Crippen LogP contribution in [0.5, 0.6) is 0 Å². The molecule has 1 aliphatic carbocycles. The first-order chi connectivity index (χ1) is 7.20. The number of hydrogen-bond acceptors (Lipinski definition) is 4. The van der Waals surface area contributed by atoms with Gasteiger partial charge in [0, 0.05) is 18.7 Å². The Morgan fingerprint density at radius 2 is 2.44 bits per heavy atom. The molecule has 1 aromatic rings. The van der Waals surface area contributed by atoms with Gasteiger partial charge in [0.25, 0.3) is 5.91 Å². The smallest absolute Gasteiger partial charge is 0.290 e. The van der Waals surface area contributed by atoms with Crippen LogP contribution in [0.1, 0.15) is 29.1 Å². The van der Waals surface area contributed by atoms with Gasteiger partial charge in [-0.1, -0.05) is 5.16 Å². The first kappa shape index (κ1) is 13.0. The Balaban J connectivity index is 0.00000128. The van der Waals surface area contributed by atoms with Crippen molar-refractivity contribution in [1.29, 1.82) is 0 Å². The summed E-state index contributed by atoms with van der Waals surface area (Å²) in [6, 6.07) is 1.69. The average Bonchev–Trinajstić information content (AvgIpc) is 2.97. The van der Waals surface area contributed by atoms with Crippen molar-refractivity contribution in [3.05, 3.63) is 17.5 Å². The van der Waals surface area contributed by atoms with E-state index in [-0.39, 0.29) is 30.1 Å². The van der Waals surface area contributed by atoms with Crippen LogP contribution in [0.25, 0.3) is 0 Å². The van der Waals surface area contributed by atoms with E-state index < -0.39 is 0 Å². The van der Waals surface area contributed by atoms with Crippen LogP contribution in [0.2, 0.25) is 0 Å². The van der Waals surface area contributed by atoms with Crippen LogP contribution in [0.3, 0.4) is 0 Å². The monoisotopic (exact) mass is 245 g/mol. The van der Waals surface area contributed by atoms with Gasteiger partial charge in [-0.3, -0.25) is 4.79 Å². The number of aromatic nitrogens is 1. The van der Waals surface area contributed by atoms with Crippen molar-refractivity contribution in [3.8, 4) is 0 Å². The third-order valence-corrected chi connectivity index (χ3v) is 2.61. The average molecular weight is 246 g/mol. The number of nitrogens with two attached hydrogens (primary N) is 1. The largest absolute Gasteiger partial charge is 0.351 e. The Morgan fingerprint density at radius 3 is 2.88 bits per heavy atom. The van der Waals surface area contributed by atoms with Gasteiger partial charge in [-0.15, -0.1) is 12.4 Å². The molecule has 0 saturated heterocycles. The highest BCUT2D eigenvalue weighted by molar-refractivity contribution is 5.91. The minimum atomic E-state index is -0.224. The second-order valence-corrected chi connectivity index (χ2v) is 3.99. The van der Waals surface area contributed by atoms with E-state index in [9.17, 15) is 4.79 Å². The van der Waals surface area contributed by atoms with E-state index >= 15 is 0 Å². The third-order valence-electron chi connectivity index (χ3n) is 2.61. The van der Waals surface area contributed by atoms with E-state index in [0.29, 0.717) is 18.2 Å². The number of carbonyl (C=O) groups excluding carboxylic acids is 1. The molecular weight excluding hydrogens is 230 g/mol. The Morgan fingerprint density at radius 1 is 1.75 bits per heavy atom. The minimum absolute atomic E-state index is 0. The van der Waals surface area contributed by atoms with E-state index in [2.05, 4.69) is 10.5 Å². The molecule has 0 radical (unpaired) electrons. The highest BCUT2D eigenvalue weighted by Crippen LogP contribution is 2.32. The molecule has 1 unspecified atom stereocenters. The molecule has 6 heteroatoms. The predicted octanol–water partition coefficient (Wildman–Crippen LogP) is 0.872. The molecule has 1 aliphatic rings. The molecule has 1 aromatic heterocycles. The summed E-state index contributed by atoms with van der Waals surface area (Å²) in [5.41, 5.74) is 6.29. The Labute approximate surface area is 100 Å². The second kappa shape index (κ2) is 5.32. The van der Waals surface area contributed by atoms with Crippen LogP contribution in [0.15, 0.2) is 10.6 Å². The van der Waals surface area contributed by atoms with Gasteiger partial charge in [0.05, 0.1) is 5.69 Å². The Hall–Kier alpha value is -1.07. The molecule has 2 rings (SSSR count). The van der Waals surface area contributed by atoms with Crippen molar-refractivity contribution in [3.63, 3.8) is 0 Å². The Bertz CT molecular complexity index is 363. The highest BCUT2D eigenvalue weighted by atomic mass is 35.5. The quantitative estimate of drug-likeness (QED) is 0.825. The summed E-state index contributed by atoms with van der Waals surface area (Å²) in [4.78, 5) is 11.7. The summed E-state index contributed by atoms with van der Waals surface area (Å²) in [6.45, 7) is 2.26. The normalized spacial score (nSPS) is 16.4. The van der Waals surface area contributed by atoms with Crippen molar-refractivity contribution in [1.82, 2.24) is 10.5 Å². The lowest BCUT2D eigenvalue weighted by molar-refractivity contribution is 0.0896. The zero-order valence-electron chi connectivity index (χ0n) is 9.10. The standard InChI is InChI=1S/C10H15N3O2.ClH/c1-6-4-9(15-13-6)10(14)12-8(5-11)7-2-3-7;/h4,7-8H,2-3,5,11H2,1H3,(H,12,14);1H. The van der Waals surface area contributed by atoms with Crippen molar-refractivity contribution in [2.45, 2.75) is 25.8 Å². The van der Waals surface area contributed by atoms with Crippen LogP contribution < -0.4 is 11.1 Å². The number of nitrogens with zero attached hydrogens (tertiary/aromatic N) is 1. The van der Waals surface area contributed by atoms with Gasteiger partial charge in [0.1, 0.15) is 0 Å². The van der Waals surface area contributed by atoms with Gasteiger partial charge in [-0.25, -0.2) is 0 Å². The van der Waals surface area contributed by atoms with E-state index in [0.717, 1.165) is 12.8 Å². The van der Waals surface area contributed by atoms with Crippen molar-refractivity contribution in [2.75, 3.05) is 6.54 Å². The van der Waals surface area contributed by atoms with E-state index in [4.69, 9.17) is 10.3 Å². The van der Waals surface area contributed by atoms with E-state index in [1.54, 1.807) is 13.0 Å². The molecule has 5 nitrogen and oxygen atoms in total. The zero-order valence-corrected chi connectivity index (χ0v) is 9.92. The van der Waals surface area contributed by atoms with Crippen LogP contribution in [0.4, 0.5) is 0 Å². The summed E-state index contributed by atoms with van der Waals surface area (Å²) in [7, 11) is 0. The minimum Gasteiger partial charge on any atom is -0.351 e. The molecule has 3 N–H and O–H groups in total. The molecule has 0 aliphatic heterocycles. The summed E-state index contributed by atoms with van der Waals surface area (Å²) in [5, 5.41) is 6.52. The topological polar surface area (TPSA) is 81.2 Å². The lowest BCUT2D eigenvalue weighted by Crippen LogP contribution is -2.41. The zero-order chi connectivity index (χ0) is 10.8. The van der Waals surface area contributed by atoms with Crippen LogP contribution >= 0.6 is 12.4 Å². The fourth-order valence-corrected chi connectivity index (χ4v) is 1.58. The van der Waals surface area contributed by atoms with Gasteiger partial charge in [0.2, 0.25) is 5.76 Å². The van der Waals surface area contributed by atoms with Crippen LogP contribution in [-0.2, 0) is 0 Å². The van der Waals surface area contributed by atoms with Gasteiger partial charge in [-0.05, 0) is 25.7 Å². The van der Waals surface area contributed by atoms with Crippen LogP contribution in [-0.4, -0.2) is 23.7 Å². The molecule has 1 heterocycles. The van der Waals surface area contributed by atoms with Gasteiger partial charge < -0.3 is 15.6 Å². The fourth-order valence-electron chi connectivity index (χ4n) is 1.58. The molecule has 1 atom stereocenters. The summed E-state index contributed by atoms with van der Waals surface area (Å²) < 4.78 is 4.87. The number of hydrogen-bond donors (Lipinski definition) is 2. The number of carbonyl (C=O) groups is 1. The molecule has 90 valence electrons. The second-order valence-electron chi connectivity index (χ2n) is 3.99. The summed E-state index contributed by atoms with van der Waals surface area (Å²) >= 11 is 0. The van der Waals surface area contributed by atoms with Crippen LogP contribution in [0, 0.1) is 12.8 Å². The lowest BCUT2D eigenvalue weighted by atomic mass is 10.2. The summed E-state index contributed by atoms with van der Waals surface area (Å²) in [6.07, 6.45) is 2.30. The number of amides is 1. The maximum Gasteiger partial charge on any atom is 0.290 e. The Kier molecular flexibility index (Phi) is 4.32. The number of halogens is 1. The summed E-state index contributed by atoms with van der Waals surface area (Å²) in [5.74, 6) is 0.576. The predicted molar refractivity (Wildman–Crippen MR) is 61.5 cm³/mol. The molecular formula is C10H16ClN3O2. The molecule has 1 amide bonds. The third kappa shape index (κ3) is 2.96. The van der Waals surface area contributed by atoms with E-state index in [1.165, 1.54) is 0 Å². The first-order valence-electron chi connectivity index (χ1n) is 5.15. The van der Waals surface area contributed by atoms with Crippen molar-refractivity contribution in [2.24, 2.45) is 11.7 Å². The molecule has 16 heavy (non-hydrogen) atoms. The van der Waals surface area contributed by atoms with Gasteiger partial charge in [-0.2, -0.15) is 0 Å². The van der Waals surface area contributed by atoms with Gasteiger partial charge in [0.15, 0.2) is 0 Å². The molecule has 0 bridgehead atoms. The lowest BCUT2D eigenvalue weighted by Gasteiger charge is -2.14. The maximum atomic E-state index is 11.7. The first-order valence-corrected chi connectivity index (χ1v) is 5.15. The van der Waals surface area contributed by atoms with Crippen molar-refractivity contribution < 1.29 is 9.32 Å². The molecule has 1 fully saturated rings. The number of rotatable bonds is 4.